The third kappa shape index (κ3) is 4.04. The summed E-state index contributed by atoms with van der Waals surface area (Å²) in [5.41, 5.74) is 0.569. The highest BCUT2D eigenvalue weighted by molar-refractivity contribution is 7.98. The number of hydrogen-bond donors (Lipinski definition) is 1. The van der Waals surface area contributed by atoms with Gasteiger partial charge in [-0.2, -0.15) is 0 Å². The summed E-state index contributed by atoms with van der Waals surface area (Å²) in [6, 6.07) is 7.72. The fourth-order valence-electron chi connectivity index (χ4n) is 1.89. The van der Waals surface area contributed by atoms with E-state index in [-0.39, 0.29) is 17.9 Å². The van der Waals surface area contributed by atoms with E-state index in [2.05, 4.69) is 20.8 Å². The van der Waals surface area contributed by atoms with Gasteiger partial charge >= 0.3 is 0 Å². The van der Waals surface area contributed by atoms with E-state index in [0.717, 1.165) is 10.6 Å². The van der Waals surface area contributed by atoms with E-state index in [4.69, 9.17) is 0 Å². The van der Waals surface area contributed by atoms with Gasteiger partial charge in [-0.3, -0.25) is 4.79 Å². The fourth-order valence-corrected chi connectivity index (χ4v) is 2.35. The van der Waals surface area contributed by atoms with Crippen LogP contribution in [-0.2, 0) is 16.8 Å². The van der Waals surface area contributed by atoms with Gasteiger partial charge in [0.05, 0.1) is 0 Å². The maximum absolute atomic E-state index is 12.1. The molecule has 0 aliphatic heterocycles. The molecule has 0 fully saturated rings. The van der Waals surface area contributed by atoms with E-state index in [1.54, 1.807) is 11.8 Å². The van der Waals surface area contributed by atoms with Crippen LogP contribution >= 0.6 is 11.8 Å². The van der Waals surface area contributed by atoms with E-state index >= 15 is 0 Å². The third-order valence-corrected chi connectivity index (χ3v) is 3.57. The number of tetrazole rings is 1. The van der Waals surface area contributed by atoms with E-state index < -0.39 is 0 Å². The number of nitrogens with one attached hydrogen (secondary N) is 1. The van der Waals surface area contributed by atoms with Gasteiger partial charge in [0.2, 0.25) is 5.91 Å². The molecule has 2 rings (SSSR count). The minimum atomic E-state index is -0.206. The molecule has 1 aromatic carbocycles. The SMILES string of the molecule is CSc1cccc(NC(=O)Cn2nnnc2C(C)(C)C)c1. The van der Waals surface area contributed by atoms with Crippen LogP contribution in [0.15, 0.2) is 29.2 Å². The number of rotatable bonds is 4. The molecule has 21 heavy (non-hydrogen) atoms. The first-order valence-electron chi connectivity index (χ1n) is 6.60. The summed E-state index contributed by atoms with van der Waals surface area (Å²) in [5, 5.41) is 14.4. The topological polar surface area (TPSA) is 72.7 Å². The molecule has 1 amide bonds. The zero-order valence-electron chi connectivity index (χ0n) is 12.6. The predicted molar refractivity (Wildman–Crippen MR) is 83.4 cm³/mol. The van der Waals surface area contributed by atoms with Crippen molar-refractivity contribution < 1.29 is 4.79 Å². The molecule has 1 N–H and O–H groups in total. The second-order valence-corrected chi connectivity index (χ2v) is 6.57. The molecule has 0 aliphatic rings. The van der Waals surface area contributed by atoms with E-state index in [1.807, 2.05) is 51.3 Å². The van der Waals surface area contributed by atoms with Gasteiger partial charge in [0.15, 0.2) is 5.82 Å². The summed E-state index contributed by atoms with van der Waals surface area (Å²) in [5.74, 6) is 0.543. The van der Waals surface area contributed by atoms with Crippen LogP contribution < -0.4 is 5.32 Å². The van der Waals surface area contributed by atoms with Gasteiger partial charge in [-0.1, -0.05) is 26.8 Å². The number of carbonyl (C=O) groups is 1. The summed E-state index contributed by atoms with van der Waals surface area (Å²) < 4.78 is 1.54. The average molecular weight is 305 g/mol. The molecule has 0 saturated heterocycles. The number of aromatic nitrogens is 4. The molecule has 0 aliphatic carbocycles. The lowest BCUT2D eigenvalue weighted by atomic mass is 9.96. The van der Waals surface area contributed by atoms with E-state index in [9.17, 15) is 4.79 Å². The van der Waals surface area contributed by atoms with Crippen molar-refractivity contribution in [2.24, 2.45) is 0 Å². The highest BCUT2D eigenvalue weighted by Crippen LogP contribution is 2.20. The minimum absolute atomic E-state index is 0.100. The molecule has 1 aromatic heterocycles. The van der Waals surface area contributed by atoms with Crippen LogP contribution in [0.1, 0.15) is 26.6 Å². The normalized spacial score (nSPS) is 11.4. The lowest BCUT2D eigenvalue weighted by Gasteiger charge is -2.16. The molecule has 112 valence electrons. The van der Waals surface area contributed by atoms with Crippen LogP contribution in [0.4, 0.5) is 5.69 Å². The molecule has 0 radical (unpaired) electrons. The summed E-state index contributed by atoms with van der Waals surface area (Å²) in [6.07, 6.45) is 2.00. The van der Waals surface area contributed by atoms with Crippen molar-refractivity contribution in [1.82, 2.24) is 20.2 Å². The minimum Gasteiger partial charge on any atom is -0.324 e. The maximum Gasteiger partial charge on any atom is 0.246 e. The van der Waals surface area contributed by atoms with E-state index in [1.165, 1.54) is 4.68 Å². The monoisotopic (exact) mass is 305 g/mol. The Morgan fingerprint density at radius 2 is 2.14 bits per heavy atom. The highest BCUT2D eigenvalue weighted by Gasteiger charge is 2.23. The first-order chi connectivity index (χ1) is 9.90. The van der Waals surface area contributed by atoms with Crippen molar-refractivity contribution in [3.63, 3.8) is 0 Å². The zero-order chi connectivity index (χ0) is 15.5. The Labute approximate surface area is 128 Å². The third-order valence-electron chi connectivity index (χ3n) is 2.85. The number of hydrogen-bond acceptors (Lipinski definition) is 5. The largest absolute Gasteiger partial charge is 0.324 e. The lowest BCUT2D eigenvalue weighted by Crippen LogP contribution is -2.25. The molecule has 0 atom stereocenters. The molecule has 0 saturated carbocycles. The van der Waals surface area contributed by atoms with Gasteiger partial charge in [0, 0.05) is 16.0 Å². The highest BCUT2D eigenvalue weighted by atomic mass is 32.2. The Morgan fingerprint density at radius 3 is 2.81 bits per heavy atom. The van der Waals surface area contributed by atoms with Gasteiger partial charge in [0.1, 0.15) is 6.54 Å². The van der Waals surface area contributed by atoms with Gasteiger partial charge in [-0.05, 0) is 34.9 Å². The zero-order valence-corrected chi connectivity index (χ0v) is 13.4. The standard InChI is InChI=1S/C14H19N5OS/c1-14(2,3)13-16-17-18-19(13)9-12(20)15-10-6-5-7-11(8-10)21-4/h5-8H,9H2,1-4H3,(H,15,20). The van der Waals surface area contributed by atoms with Crippen molar-refractivity contribution in [2.45, 2.75) is 37.6 Å². The molecule has 0 bridgehead atoms. The molecule has 0 unspecified atom stereocenters. The molecule has 2 aromatic rings. The van der Waals surface area contributed by atoms with Crippen LogP contribution in [0.25, 0.3) is 0 Å². The summed E-state index contributed by atoms with van der Waals surface area (Å²) in [4.78, 5) is 13.2. The number of thioether (sulfide) groups is 1. The van der Waals surface area contributed by atoms with Gasteiger partial charge in [-0.15, -0.1) is 16.9 Å². The Morgan fingerprint density at radius 1 is 1.38 bits per heavy atom. The number of nitrogens with zero attached hydrogens (tertiary/aromatic N) is 4. The smallest absolute Gasteiger partial charge is 0.246 e. The Balaban J connectivity index is 2.07. The summed E-state index contributed by atoms with van der Waals surface area (Å²) in [6.45, 7) is 6.13. The fraction of sp³-hybridized carbons (Fsp3) is 0.429. The van der Waals surface area contributed by atoms with Crippen LogP contribution in [0.5, 0.6) is 0 Å². The first kappa shape index (κ1) is 15.5. The second-order valence-electron chi connectivity index (χ2n) is 5.69. The molecule has 6 nitrogen and oxygen atoms in total. The summed E-state index contributed by atoms with van der Waals surface area (Å²) in [7, 11) is 0. The number of carbonyl (C=O) groups excluding carboxylic acids is 1. The van der Waals surface area contributed by atoms with Crippen LogP contribution in [-0.4, -0.2) is 32.4 Å². The van der Waals surface area contributed by atoms with Gasteiger partial charge < -0.3 is 5.32 Å². The van der Waals surface area contributed by atoms with Crippen molar-refractivity contribution in [3.8, 4) is 0 Å². The van der Waals surface area contributed by atoms with Crippen molar-refractivity contribution >= 4 is 23.4 Å². The van der Waals surface area contributed by atoms with E-state index in [0.29, 0.717) is 5.82 Å². The van der Waals surface area contributed by atoms with Crippen LogP contribution in [0.3, 0.4) is 0 Å². The quantitative estimate of drug-likeness (QED) is 0.878. The van der Waals surface area contributed by atoms with Crippen molar-refractivity contribution in [3.05, 3.63) is 30.1 Å². The number of amides is 1. The van der Waals surface area contributed by atoms with Crippen molar-refractivity contribution in [1.29, 1.82) is 0 Å². The van der Waals surface area contributed by atoms with Crippen LogP contribution in [0, 0.1) is 0 Å². The van der Waals surface area contributed by atoms with Crippen LogP contribution in [0.2, 0.25) is 0 Å². The lowest BCUT2D eigenvalue weighted by molar-refractivity contribution is -0.117. The molecule has 0 spiro atoms. The maximum atomic E-state index is 12.1. The van der Waals surface area contributed by atoms with Gasteiger partial charge in [-0.25, -0.2) is 4.68 Å². The molecule has 1 heterocycles. The molecule has 7 heteroatoms. The second kappa shape index (κ2) is 6.26. The Hall–Kier alpha value is -1.89. The average Bonchev–Trinajstić information content (AvgIpc) is 2.86. The van der Waals surface area contributed by atoms with Gasteiger partial charge in [0.25, 0.3) is 0 Å². The molecular weight excluding hydrogens is 286 g/mol. The number of anilines is 1. The Kier molecular flexibility index (Phi) is 4.62. The predicted octanol–water partition coefficient (Wildman–Crippen LogP) is 2.33. The number of benzene rings is 1. The van der Waals surface area contributed by atoms with Crippen molar-refractivity contribution in [2.75, 3.05) is 11.6 Å². The Bertz CT molecular complexity index is 632. The molecular formula is C14H19N5OS. The first-order valence-corrected chi connectivity index (χ1v) is 7.83. The summed E-state index contributed by atoms with van der Waals surface area (Å²) >= 11 is 1.63.